The molecule has 1 atom stereocenters. The first-order chi connectivity index (χ1) is 14.6. The number of aryl methyl sites for hydroxylation is 1. The quantitative estimate of drug-likeness (QED) is 0.664. The molecule has 30 heavy (non-hydrogen) atoms. The van der Waals surface area contributed by atoms with Gasteiger partial charge in [-0.2, -0.15) is 0 Å². The van der Waals surface area contributed by atoms with E-state index in [4.69, 9.17) is 0 Å². The summed E-state index contributed by atoms with van der Waals surface area (Å²) in [6.45, 7) is -0.308. The van der Waals surface area contributed by atoms with Crippen molar-refractivity contribution in [1.29, 1.82) is 0 Å². The number of carbonyl (C=O) groups excluding carboxylic acids is 3. The summed E-state index contributed by atoms with van der Waals surface area (Å²) >= 11 is 0. The van der Waals surface area contributed by atoms with E-state index in [0.29, 0.717) is 18.5 Å². The molecule has 6 nitrogen and oxygen atoms in total. The van der Waals surface area contributed by atoms with Crippen LogP contribution in [0.25, 0.3) is 10.8 Å². The number of anilines is 1. The van der Waals surface area contributed by atoms with Gasteiger partial charge in [-0.15, -0.1) is 0 Å². The smallest absolute Gasteiger partial charge is 0.324 e. The Morgan fingerprint density at radius 3 is 2.57 bits per heavy atom. The molecule has 1 heterocycles. The minimum absolute atomic E-state index is 0.308. The second-order valence-electron chi connectivity index (χ2n) is 7.92. The molecule has 0 unspecified atom stereocenters. The largest absolute Gasteiger partial charge is 0.325 e. The molecule has 1 fully saturated rings. The number of hydrogen-bond acceptors (Lipinski definition) is 3. The van der Waals surface area contributed by atoms with Gasteiger partial charge in [0.25, 0.3) is 5.91 Å². The van der Waals surface area contributed by atoms with Crippen molar-refractivity contribution in [2.45, 2.75) is 24.8 Å². The molecule has 0 bridgehead atoms. The van der Waals surface area contributed by atoms with Gasteiger partial charge < -0.3 is 10.6 Å². The van der Waals surface area contributed by atoms with Crippen LogP contribution in [0.5, 0.6) is 0 Å². The van der Waals surface area contributed by atoms with E-state index in [-0.39, 0.29) is 12.5 Å². The van der Waals surface area contributed by atoms with E-state index >= 15 is 0 Å². The van der Waals surface area contributed by atoms with Gasteiger partial charge in [0.15, 0.2) is 0 Å². The zero-order valence-electron chi connectivity index (χ0n) is 16.4. The van der Waals surface area contributed by atoms with Crippen LogP contribution >= 0.6 is 0 Å². The van der Waals surface area contributed by atoms with Crippen LogP contribution in [0.3, 0.4) is 0 Å². The third-order valence-corrected chi connectivity index (χ3v) is 6.04. The summed E-state index contributed by atoms with van der Waals surface area (Å²) in [5, 5.41) is 7.63. The van der Waals surface area contributed by atoms with Gasteiger partial charge in [0, 0.05) is 17.5 Å². The molecular formula is C24H21N3O3. The highest BCUT2D eigenvalue weighted by Crippen LogP contribution is 2.33. The summed E-state index contributed by atoms with van der Waals surface area (Å²) in [6, 6.07) is 20.8. The maximum atomic E-state index is 13.2. The zero-order valence-corrected chi connectivity index (χ0v) is 16.4. The minimum atomic E-state index is -0.953. The van der Waals surface area contributed by atoms with Crippen LogP contribution in [0, 0.1) is 0 Å². The molecule has 3 aromatic carbocycles. The average Bonchev–Trinajstić information content (AvgIpc) is 2.98. The molecule has 2 N–H and O–H groups in total. The number of imide groups is 1. The Labute approximate surface area is 173 Å². The van der Waals surface area contributed by atoms with Gasteiger partial charge in [-0.25, -0.2) is 4.79 Å². The molecule has 6 heteroatoms. The van der Waals surface area contributed by atoms with Gasteiger partial charge in [0.2, 0.25) is 5.91 Å². The minimum Gasteiger partial charge on any atom is -0.324 e. The topological polar surface area (TPSA) is 78.5 Å². The van der Waals surface area contributed by atoms with Gasteiger partial charge in [-0.3, -0.25) is 14.5 Å². The van der Waals surface area contributed by atoms with Crippen molar-refractivity contribution in [3.05, 3.63) is 77.9 Å². The molecule has 1 aliphatic carbocycles. The highest BCUT2D eigenvalue weighted by Gasteiger charge is 2.52. The van der Waals surface area contributed by atoms with Crippen LogP contribution in [0.4, 0.5) is 10.5 Å². The molecule has 0 radical (unpaired) electrons. The summed E-state index contributed by atoms with van der Waals surface area (Å²) < 4.78 is 0. The molecule has 150 valence electrons. The van der Waals surface area contributed by atoms with Crippen molar-refractivity contribution < 1.29 is 14.4 Å². The number of nitrogens with one attached hydrogen (secondary N) is 2. The molecule has 1 aliphatic heterocycles. The molecular weight excluding hydrogens is 378 g/mol. The maximum absolute atomic E-state index is 13.2. The molecule has 3 aromatic rings. The third kappa shape index (κ3) is 3.01. The fourth-order valence-electron chi connectivity index (χ4n) is 4.51. The third-order valence-electron chi connectivity index (χ3n) is 6.04. The normalized spacial score (nSPS) is 20.3. The van der Waals surface area contributed by atoms with Crippen molar-refractivity contribution in [1.82, 2.24) is 10.2 Å². The van der Waals surface area contributed by atoms with E-state index in [1.165, 1.54) is 5.56 Å². The number of urea groups is 1. The van der Waals surface area contributed by atoms with Crippen LogP contribution < -0.4 is 10.6 Å². The molecule has 1 spiro atoms. The van der Waals surface area contributed by atoms with Crippen molar-refractivity contribution in [2.75, 3.05) is 11.9 Å². The van der Waals surface area contributed by atoms with E-state index in [2.05, 4.69) is 16.7 Å². The van der Waals surface area contributed by atoms with E-state index in [1.807, 2.05) is 60.7 Å². The number of amides is 4. The lowest BCUT2D eigenvalue weighted by molar-refractivity contribution is -0.134. The number of nitrogens with zero attached hydrogens (tertiary/aromatic N) is 1. The Morgan fingerprint density at radius 1 is 0.967 bits per heavy atom. The number of fused-ring (bicyclic) bond motifs is 2. The van der Waals surface area contributed by atoms with Crippen molar-refractivity contribution >= 4 is 34.3 Å². The Morgan fingerprint density at radius 2 is 1.70 bits per heavy atom. The standard InChI is InChI=1S/C24H21N3O3/c28-21(25-20-11-5-9-17-7-3-4-10-19(17)20)15-27-22(29)24(26-23(27)30)13-12-16-6-1-2-8-18(16)14-24/h1-11H,12-15H2,(H,25,28)(H,26,30)/t24-/m1/s1. The summed E-state index contributed by atoms with van der Waals surface area (Å²) in [4.78, 5) is 39.5. The SMILES string of the molecule is O=C(CN1C(=O)N[C@@]2(CCc3ccccc3C2)C1=O)Nc1cccc2ccccc12. The van der Waals surface area contributed by atoms with Crippen LogP contribution in [0.1, 0.15) is 17.5 Å². The van der Waals surface area contributed by atoms with E-state index in [0.717, 1.165) is 27.7 Å². The first-order valence-electron chi connectivity index (χ1n) is 10.0. The molecule has 2 aliphatic rings. The number of rotatable bonds is 3. The lowest BCUT2D eigenvalue weighted by Gasteiger charge is -2.32. The fraction of sp³-hybridized carbons (Fsp3) is 0.208. The highest BCUT2D eigenvalue weighted by atomic mass is 16.2. The van der Waals surface area contributed by atoms with Gasteiger partial charge in [-0.05, 0) is 35.4 Å². The summed E-state index contributed by atoms with van der Waals surface area (Å²) in [5.41, 5.74) is 1.98. The average molecular weight is 399 g/mol. The zero-order chi connectivity index (χ0) is 20.7. The Balaban J connectivity index is 1.34. The summed E-state index contributed by atoms with van der Waals surface area (Å²) in [7, 11) is 0. The Hall–Kier alpha value is -3.67. The van der Waals surface area contributed by atoms with E-state index < -0.39 is 17.5 Å². The fourth-order valence-corrected chi connectivity index (χ4v) is 4.51. The second kappa shape index (κ2) is 6.99. The van der Waals surface area contributed by atoms with Gasteiger partial charge in [0.1, 0.15) is 12.1 Å². The number of carbonyl (C=O) groups is 3. The lowest BCUT2D eigenvalue weighted by Crippen LogP contribution is -2.51. The molecule has 0 aromatic heterocycles. The molecule has 1 saturated heterocycles. The van der Waals surface area contributed by atoms with Crippen LogP contribution in [0.2, 0.25) is 0 Å². The van der Waals surface area contributed by atoms with Crippen LogP contribution in [0.15, 0.2) is 66.7 Å². The van der Waals surface area contributed by atoms with Crippen molar-refractivity contribution in [3.63, 3.8) is 0 Å². The van der Waals surface area contributed by atoms with Crippen molar-refractivity contribution in [3.8, 4) is 0 Å². The van der Waals surface area contributed by atoms with Gasteiger partial charge >= 0.3 is 6.03 Å². The maximum Gasteiger partial charge on any atom is 0.325 e. The molecule has 5 rings (SSSR count). The Bertz CT molecular complexity index is 1180. The monoisotopic (exact) mass is 399 g/mol. The number of benzene rings is 3. The van der Waals surface area contributed by atoms with Crippen LogP contribution in [-0.4, -0.2) is 34.8 Å². The van der Waals surface area contributed by atoms with Crippen molar-refractivity contribution in [2.24, 2.45) is 0 Å². The predicted molar refractivity (Wildman–Crippen MR) is 114 cm³/mol. The summed E-state index contributed by atoms with van der Waals surface area (Å²) in [6.07, 6.45) is 1.71. The predicted octanol–water partition coefficient (Wildman–Crippen LogP) is 3.26. The first kappa shape index (κ1) is 18.4. The summed E-state index contributed by atoms with van der Waals surface area (Å²) in [5.74, 6) is -0.724. The van der Waals surface area contributed by atoms with E-state index in [9.17, 15) is 14.4 Å². The molecule has 4 amide bonds. The van der Waals surface area contributed by atoms with Crippen LogP contribution in [-0.2, 0) is 22.4 Å². The highest BCUT2D eigenvalue weighted by molar-refractivity contribution is 6.11. The lowest BCUT2D eigenvalue weighted by atomic mass is 9.78. The molecule has 0 saturated carbocycles. The first-order valence-corrected chi connectivity index (χ1v) is 10.0. The van der Waals surface area contributed by atoms with E-state index in [1.54, 1.807) is 0 Å². The van der Waals surface area contributed by atoms with Gasteiger partial charge in [-0.1, -0.05) is 60.7 Å². The number of hydrogen-bond donors (Lipinski definition) is 2. The second-order valence-corrected chi connectivity index (χ2v) is 7.92. The Kier molecular flexibility index (Phi) is 4.28. The van der Waals surface area contributed by atoms with Gasteiger partial charge in [0.05, 0.1) is 0 Å².